The minimum atomic E-state index is -0.173. The number of nitrogens with zero attached hydrogens (tertiary/aromatic N) is 2. The van der Waals surface area contributed by atoms with Gasteiger partial charge in [-0.15, -0.1) is 0 Å². The highest BCUT2D eigenvalue weighted by Crippen LogP contribution is 2.27. The van der Waals surface area contributed by atoms with Gasteiger partial charge >= 0.3 is 6.03 Å². The molecule has 150 valence electrons. The summed E-state index contributed by atoms with van der Waals surface area (Å²) in [5, 5.41) is 5.93. The van der Waals surface area contributed by atoms with Crippen LogP contribution in [0.5, 0.6) is 17.4 Å². The number of urea groups is 1. The van der Waals surface area contributed by atoms with Crippen LogP contribution in [-0.4, -0.2) is 42.4 Å². The number of aromatic nitrogens is 2. The van der Waals surface area contributed by atoms with Crippen LogP contribution in [0.2, 0.25) is 0 Å². The standard InChI is InChI=1S/C20H26N4O4/c1-26-17-8-3-14(11-18(17)27-2)12-23-20(25)24-15-4-6-16(7-5-15)28-19-13-21-9-10-22-19/h3,8-11,13,15-16H,4-7,12H2,1-2H3,(H2,23,24,25). The zero-order chi connectivity index (χ0) is 19.8. The van der Waals surface area contributed by atoms with E-state index >= 15 is 0 Å². The van der Waals surface area contributed by atoms with E-state index in [-0.39, 0.29) is 18.2 Å². The van der Waals surface area contributed by atoms with E-state index in [9.17, 15) is 4.79 Å². The van der Waals surface area contributed by atoms with Gasteiger partial charge in [0.25, 0.3) is 0 Å². The molecule has 0 radical (unpaired) electrons. The number of benzene rings is 1. The van der Waals surface area contributed by atoms with Crippen molar-refractivity contribution < 1.29 is 19.0 Å². The van der Waals surface area contributed by atoms with E-state index in [1.54, 1.807) is 32.8 Å². The lowest BCUT2D eigenvalue weighted by Crippen LogP contribution is -2.44. The summed E-state index contributed by atoms with van der Waals surface area (Å²) >= 11 is 0. The maximum absolute atomic E-state index is 12.2. The third-order valence-corrected chi connectivity index (χ3v) is 4.74. The Balaban J connectivity index is 1.40. The Morgan fingerprint density at radius 2 is 1.89 bits per heavy atom. The largest absolute Gasteiger partial charge is 0.493 e. The molecule has 1 saturated carbocycles. The molecule has 0 spiro atoms. The van der Waals surface area contributed by atoms with Crippen LogP contribution >= 0.6 is 0 Å². The van der Waals surface area contributed by atoms with Crippen molar-refractivity contribution in [3.63, 3.8) is 0 Å². The fraction of sp³-hybridized carbons (Fsp3) is 0.450. The third-order valence-electron chi connectivity index (χ3n) is 4.74. The molecule has 2 N–H and O–H groups in total. The molecule has 1 aromatic heterocycles. The first-order valence-electron chi connectivity index (χ1n) is 9.36. The molecule has 3 rings (SSSR count). The first-order chi connectivity index (χ1) is 13.7. The molecule has 8 nitrogen and oxygen atoms in total. The topological polar surface area (TPSA) is 94.6 Å². The lowest BCUT2D eigenvalue weighted by molar-refractivity contribution is 0.134. The fourth-order valence-corrected chi connectivity index (χ4v) is 3.25. The molecule has 0 saturated heterocycles. The van der Waals surface area contributed by atoms with Crippen LogP contribution in [0, 0.1) is 0 Å². The number of hydrogen-bond acceptors (Lipinski definition) is 6. The first kappa shape index (κ1) is 19.7. The number of hydrogen-bond donors (Lipinski definition) is 2. The number of ether oxygens (including phenoxy) is 3. The molecule has 0 bridgehead atoms. The zero-order valence-corrected chi connectivity index (χ0v) is 16.2. The van der Waals surface area contributed by atoms with Gasteiger partial charge in [-0.05, 0) is 43.4 Å². The summed E-state index contributed by atoms with van der Waals surface area (Å²) in [5.74, 6) is 1.85. The second-order valence-electron chi connectivity index (χ2n) is 6.65. The van der Waals surface area contributed by atoms with E-state index in [2.05, 4.69) is 20.6 Å². The van der Waals surface area contributed by atoms with Crippen LogP contribution in [-0.2, 0) is 6.54 Å². The predicted molar refractivity (Wildman–Crippen MR) is 104 cm³/mol. The maximum Gasteiger partial charge on any atom is 0.315 e. The van der Waals surface area contributed by atoms with Crippen LogP contribution in [0.3, 0.4) is 0 Å². The summed E-state index contributed by atoms with van der Waals surface area (Å²) in [6, 6.07) is 5.55. The number of carbonyl (C=O) groups is 1. The highest BCUT2D eigenvalue weighted by atomic mass is 16.5. The van der Waals surface area contributed by atoms with Crippen LogP contribution in [0.15, 0.2) is 36.8 Å². The molecule has 1 fully saturated rings. The van der Waals surface area contributed by atoms with E-state index in [1.165, 1.54) is 0 Å². The van der Waals surface area contributed by atoms with Crippen molar-refractivity contribution in [2.75, 3.05) is 14.2 Å². The van der Waals surface area contributed by atoms with E-state index in [0.29, 0.717) is 23.9 Å². The lowest BCUT2D eigenvalue weighted by atomic mass is 9.93. The van der Waals surface area contributed by atoms with Gasteiger partial charge in [0.15, 0.2) is 11.5 Å². The molecule has 0 atom stereocenters. The van der Waals surface area contributed by atoms with Gasteiger partial charge in [0.1, 0.15) is 6.10 Å². The molecule has 1 aliphatic carbocycles. The molecule has 1 aliphatic rings. The van der Waals surface area contributed by atoms with E-state index in [4.69, 9.17) is 14.2 Å². The molecule has 8 heteroatoms. The summed E-state index contributed by atoms with van der Waals surface area (Å²) < 4.78 is 16.3. The highest BCUT2D eigenvalue weighted by Gasteiger charge is 2.24. The Bertz CT molecular complexity index is 764. The van der Waals surface area contributed by atoms with Crippen molar-refractivity contribution in [2.24, 2.45) is 0 Å². The highest BCUT2D eigenvalue weighted by molar-refractivity contribution is 5.74. The monoisotopic (exact) mass is 386 g/mol. The second-order valence-corrected chi connectivity index (χ2v) is 6.65. The Morgan fingerprint density at radius 3 is 2.57 bits per heavy atom. The molecular formula is C20H26N4O4. The number of nitrogens with one attached hydrogen (secondary N) is 2. The molecule has 2 amide bonds. The number of rotatable bonds is 7. The molecule has 0 unspecified atom stereocenters. The Morgan fingerprint density at radius 1 is 1.11 bits per heavy atom. The van der Waals surface area contributed by atoms with Gasteiger partial charge in [-0.1, -0.05) is 6.07 Å². The number of methoxy groups -OCH3 is 2. The average molecular weight is 386 g/mol. The van der Waals surface area contributed by atoms with E-state index in [1.807, 2.05) is 18.2 Å². The van der Waals surface area contributed by atoms with Gasteiger partial charge < -0.3 is 24.8 Å². The minimum Gasteiger partial charge on any atom is -0.493 e. The Hall–Kier alpha value is -3.03. The molecule has 1 heterocycles. The smallest absolute Gasteiger partial charge is 0.315 e. The van der Waals surface area contributed by atoms with Crippen molar-refractivity contribution >= 4 is 6.03 Å². The number of amides is 2. The molecular weight excluding hydrogens is 360 g/mol. The quantitative estimate of drug-likeness (QED) is 0.760. The van der Waals surface area contributed by atoms with Crippen molar-refractivity contribution in [3.05, 3.63) is 42.4 Å². The first-order valence-corrected chi connectivity index (χ1v) is 9.36. The van der Waals surface area contributed by atoms with Gasteiger partial charge in [0.2, 0.25) is 5.88 Å². The third kappa shape index (κ3) is 5.48. The molecule has 0 aliphatic heterocycles. The van der Waals surface area contributed by atoms with Gasteiger partial charge in [-0.25, -0.2) is 9.78 Å². The summed E-state index contributed by atoms with van der Waals surface area (Å²) in [7, 11) is 3.18. The van der Waals surface area contributed by atoms with Crippen molar-refractivity contribution in [2.45, 2.75) is 44.4 Å². The average Bonchev–Trinajstić information content (AvgIpc) is 2.74. The van der Waals surface area contributed by atoms with E-state index < -0.39 is 0 Å². The molecule has 28 heavy (non-hydrogen) atoms. The normalized spacial score (nSPS) is 18.8. The lowest BCUT2D eigenvalue weighted by Gasteiger charge is -2.29. The van der Waals surface area contributed by atoms with Crippen molar-refractivity contribution in [1.82, 2.24) is 20.6 Å². The minimum absolute atomic E-state index is 0.115. The van der Waals surface area contributed by atoms with Crippen molar-refractivity contribution in [1.29, 1.82) is 0 Å². The Labute approximate surface area is 164 Å². The van der Waals surface area contributed by atoms with Crippen molar-refractivity contribution in [3.8, 4) is 17.4 Å². The zero-order valence-electron chi connectivity index (χ0n) is 16.2. The summed E-state index contributed by atoms with van der Waals surface area (Å²) in [6.45, 7) is 0.414. The van der Waals surface area contributed by atoms with E-state index in [0.717, 1.165) is 31.2 Å². The molecule has 1 aromatic carbocycles. The second kappa shape index (κ2) is 9.77. The van der Waals surface area contributed by atoms with Crippen LogP contribution in [0.1, 0.15) is 31.2 Å². The van der Waals surface area contributed by atoms with Gasteiger partial charge in [-0.2, -0.15) is 0 Å². The van der Waals surface area contributed by atoms with Gasteiger partial charge in [0.05, 0.1) is 20.4 Å². The number of carbonyl (C=O) groups excluding carboxylic acids is 1. The van der Waals surface area contributed by atoms with Crippen LogP contribution in [0.4, 0.5) is 4.79 Å². The summed E-state index contributed by atoms with van der Waals surface area (Å²) in [5.41, 5.74) is 0.939. The van der Waals surface area contributed by atoms with Crippen LogP contribution in [0.25, 0.3) is 0 Å². The van der Waals surface area contributed by atoms with Crippen LogP contribution < -0.4 is 24.8 Å². The SMILES string of the molecule is COc1ccc(CNC(=O)NC2CCC(Oc3cnccn3)CC2)cc1OC. The molecule has 2 aromatic rings. The fourth-order valence-electron chi connectivity index (χ4n) is 3.25. The summed E-state index contributed by atoms with van der Waals surface area (Å²) in [6.07, 6.45) is 8.45. The predicted octanol–water partition coefficient (Wildman–Crippen LogP) is 2.68. The Kier molecular flexibility index (Phi) is 6.89. The van der Waals surface area contributed by atoms with Gasteiger partial charge in [0, 0.05) is 25.0 Å². The summed E-state index contributed by atoms with van der Waals surface area (Å²) in [4.78, 5) is 20.3. The maximum atomic E-state index is 12.2. The van der Waals surface area contributed by atoms with Gasteiger partial charge in [-0.3, -0.25) is 4.98 Å².